The second-order valence-corrected chi connectivity index (χ2v) is 3.75. The van der Waals surface area contributed by atoms with Crippen LogP contribution in [0.5, 0.6) is 0 Å². The molecule has 0 saturated heterocycles. The Morgan fingerprint density at radius 3 is 2.94 bits per heavy atom. The van der Waals surface area contributed by atoms with E-state index in [-0.39, 0.29) is 28.9 Å². The molecule has 0 saturated carbocycles. The minimum atomic E-state index is -0.766. The fraction of sp³-hybridized carbons (Fsp3) is 0.200. The third-order valence-electron chi connectivity index (χ3n) is 2.15. The minimum absolute atomic E-state index is 0.0260. The molecule has 3 N–H and O–H groups in total. The van der Waals surface area contributed by atoms with Gasteiger partial charge < -0.3 is 15.4 Å². The molecule has 7 heteroatoms. The summed E-state index contributed by atoms with van der Waals surface area (Å²) in [5, 5.41) is 12.5. The van der Waals surface area contributed by atoms with E-state index in [1.165, 1.54) is 18.2 Å². The average molecular weight is 258 g/mol. The molecule has 0 aliphatic heterocycles. The molecule has 1 heterocycles. The Bertz CT molecular complexity index is 512. The zero-order valence-corrected chi connectivity index (χ0v) is 9.36. The first-order valence-electron chi connectivity index (χ1n) is 4.78. The van der Waals surface area contributed by atoms with Crippen LogP contribution in [0.3, 0.4) is 0 Å². The lowest BCUT2D eigenvalue weighted by atomic mass is 10.2. The molecule has 17 heavy (non-hydrogen) atoms. The van der Waals surface area contributed by atoms with Crippen molar-refractivity contribution in [2.24, 2.45) is 5.73 Å². The Labute approximate surface area is 101 Å². The zero-order valence-electron chi connectivity index (χ0n) is 8.60. The Morgan fingerprint density at radius 1 is 1.53 bits per heavy atom. The van der Waals surface area contributed by atoms with Crippen molar-refractivity contribution in [3.63, 3.8) is 0 Å². The molecule has 2 aromatic rings. The van der Waals surface area contributed by atoms with Crippen LogP contribution in [-0.2, 0) is 0 Å². The van der Waals surface area contributed by atoms with Crippen molar-refractivity contribution in [1.82, 2.24) is 10.1 Å². The lowest BCUT2D eigenvalue weighted by Crippen LogP contribution is -2.15. The minimum Gasteiger partial charge on any atom is -0.394 e. The summed E-state index contributed by atoms with van der Waals surface area (Å²) >= 11 is 5.84. The number of nitrogens with zero attached hydrogens (tertiary/aromatic N) is 2. The molecule has 90 valence electrons. The van der Waals surface area contributed by atoms with Crippen molar-refractivity contribution in [3.8, 4) is 11.5 Å². The van der Waals surface area contributed by atoms with Gasteiger partial charge in [0.05, 0.1) is 23.2 Å². The first-order chi connectivity index (χ1) is 8.13. The number of rotatable bonds is 3. The molecule has 1 unspecified atom stereocenters. The van der Waals surface area contributed by atoms with Crippen LogP contribution in [0, 0.1) is 5.82 Å². The number of halogens is 2. The summed E-state index contributed by atoms with van der Waals surface area (Å²) < 4.78 is 18.4. The first-order valence-corrected chi connectivity index (χ1v) is 5.15. The van der Waals surface area contributed by atoms with Crippen LogP contribution in [0.4, 0.5) is 4.39 Å². The van der Waals surface area contributed by atoms with Crippen LogP contribution in [0.25, 0.3) is 11.5 Å². The van der Waals surface area contributed by atoms with Gasteiger partial charge in [-0.25, -0.2) is 4.39 Å². The lowest BCUT2D eigenvalue weighted by Gasteiger charge is -2.00. The van der Waals surface area contributed by atoms with Crippen molar-refractivity contribution in [2.45, 2.75) is 6.04 Å². The maximum absolute atomic E-state index is 13.5. The Hall–Kier alpha value is -1.50. The maximum atomic E-state index is 13.5. The Balaban J connectivity index is 2.44. The van der Waals surface area contributed by atoms with E-state index in [0.29, 0.717) is 0 Å². The molecule has 0 bridgehead atoms. The van der Waals surface area contributed by atoms with Gasteiger partial charge in [-0.15, -0.1) is 0 Å². The van der Waals surface area contributed by atoms with Crippen LogP contribution >= 0.6 is 11.6 Å². The third kappa shape index (κ3) is 2.28. The first kappa shape index (κ1) is 12.0. The molecule has 0 spiro atoms. The molecule has 1 aromatic heterocycles. The van der Waals surface area contributed by atoms with Gasteiger partial charge in [-0.3, -0.25) is 0 Å². The largest absolute Gasteiger partial charge is 0.394 e. The van der Waals surface area contributed by atoms with Gasteiger partial charge in [0.15, 0.2) is 5.82 Å². The van der Waals surface area contributed by atoms with E-state index < -0.39 is 11.9 Å². The van der Waals surface area contributed by atoms with Crippen LogP contribution < -0.4 is 5.73 Å². The summed E-state index contributed by atoms with van der Waals surface area (Å²) in [6, 6.07) is 3.45. The molecule has 0 amide bonds. The molecule has 5 nitrogen and oxygen atoms in total. The van der Waals surface area contributed by atoms with Crippen molar-refractivity contribution >= 4 is 11.6 Å². The summed E-state index contributed by atoms with van der Waals surface area (Å²) in [6.07, 6.45) is 0. The van der Waals surface area contributed by atoms with Gasteiger partial charge in [-0.05, 0) is 12.1 Å². The quantitative estimate of drug-likeness (QED) is 0.871. The predicted octanol–water partition coefficient (Wildman–Crippen LogP) is 1.52. The van der Waals surface area contributed by atoms with Crippen molar-refractivity contribution in [2.75, 3.05) is 6.61 Å². The van der Waals surface area contributed by atoms with E-state index in [0.717, 1.165) is 0 Å². The van der Waals surface area contributed by atoms with Gasteiger partial charge in [0, 0.05) is 0 Å². The van der Waals surface area contributed by atoms with E-state index in [2.05, 4.69) is 10.1 Å². The number of hydrogen-bond acceptors (Lipinski definition) is 5. The number of aliphatic hydroxyl groups excluding tert-OH is 1. The van der Waals surface area contributed by atoms with Crippen molar-refractivity contribution in [3.05, 3.63) is 34.9 Å². The zero-order chi connectivity index (χ0) is 12.4. The summed E-state index contributed by atoms with van der Waals surface area (Å²) in [4.78, 5) is 3.89. The number of aromatic nitrogens is 2. The lowest BCUT2D eigenvalue weighted by molar-refractivity contribution is 0.260. The number of hydrogen-bond donors (Lipinski definition) is 2. The fourth-order valence-corrected chi connectivity index (χ4v) is 1.51. The van der Waals surface area contributed by atoms with E-state index in [1.807, 2.05) is 0 Å². The van der Waals surface area contributed by atoms with Crippen LogP contribution in [0.2, 0.25) is 5.02 Å². The smallest absolute Gasteiger partial charge is 0.262 e. The van der Waals surface area contributed by atoms with Gasteiger partial charge in [0.1, 0.15) is 5.82 Å². The Kier molecular flexibility index (Phi) is 3.37. The van der Waals surface area contributed by atoms with Crippen LogP contribution in [-0.4, -0.2) is 21.9 Å². The summed E-state index contributed by atoms with van der Waals surface area (Å²) in [5.41, 5.74) is 5.53. The molecule has 0 aliphatic rings. The Morgan fingerprint density at radius 2 is 2.29 bits per heavy atom. The summed E-state index contributed by atoms with van der Waals surface area (Å²) in [7, 11) is 0. The normalized spacial score (nSPS) is 12.7. The van der Waals surface area contributed by atoms with Crippen LogP contribution in [0.15, 0.2) is 22.7 Å². The van der Waals surface area contributed by atoms with E-state index in [1.54, 1.807) is 0 Å². The van der Waals surface area contributed by atoms with Crippen molar-refractivity contribution < 1.29 is 14.0 Å². The third-order valence-corrected chi connectivity index (χ3v) is 2.46. The predicted molar refractivity (Wildman–Crippen MR) is 58.7 cm³/mol. The SMILES string of the molecule is NC(CO)c1noc(-c2c(F)cccc2Cl)n1. The van der Waals surface area contributed by atoms with Crippen molar-refractivity contribution in [1.29, 1.82) is 0 Å². The summed E-state index contributed by atoms with van der Waals surface area (Å²) in [6.45, 7) is -0.329. The maximum Gasteiger partial charge on any atom is 0.262 e. The van der Waals surface area contributed by atoms with E-state index in [9.17, 15) is 4.39 Å². The second kappa shape index (κ2) is 4.79. The molecular formula is C10H9ClFN3O2. The topological polar surface area (TPSA) is 85.2 Å². The number of aliphatic hydroxyl groups is 1. The summed E-state index contributed by atoms with van der Waals surface area (Å²) in [5.74, 6) is -0.529. The number of benzene rings is 1. The highest BCUT2D eigenvalue weighted by Crippen LogP contribution is 2.29. The molecule has 0 fully saturated rings. The van der Waals surface area contributed by atoms with Gasteiger partial charge >= 0.3 is 0 Å². The molecule has 0 radical (unpaired) electrons. The van der Waals surface area contributed by atoms with Crippen LogP contribution in [0.1, 0.15) is 11.9 Å². The fourth-order valence-electron chi connectivity index (χ4n) is 1.27. The highest BCUT2D eigenvalue weighted by Gasteiger charge is 2.19. The molecule has 2 rings (SSSR count). The molecule has 1 atom stereocenters. The monoisotopic (exact) mass is 257 g/mol. The second-order valence-electron chi connectivity index (χ2n) is 3.34. The molecular weight excluding hydrogens is 249 g/mol. The average Bonchev–Trinajstić information content (AvgIpc) is 2.77. The van der Waals surface area contributed by atoms with E-state index in [4.69, 9.17) is 27.0 Å². The highest BCUT2D eigenvalue weighted by atomic mass is 35.5. The van der Waals surface area contributed by atoms with E-state index >= 15 is 0 Å². The standard InChI is InChI=1S/C10H9ClFN3O2/c11-5-2-1-3-6(12)8(5)10-14-9(15-17-10)7(13)4-16/h1-3,7,16H,4,13H2. The van der Waals surface area contributed by atoms with Gasteiger partial charge in [0.2, 0.25) is 0 Å². The van der Waals surface area contributed by atoms with Gasteiger partial charge in [-0.1, -0.05) is 22.8 Å². The highest BCUT2D eigenvalue weighted by molar-refractivity contribution is 6.33. The van der Waals surface area contributed by atoms with Gasteiger partial charge in [0.25, 0.3) is 5.89 Å². The van der Waals surface area contributed by atoms with Gasteiger partial charge in [-0.2, -0.15) is 4.98 Å². The number of nitrogens with two attached hydrogens (primary N) is 1. The molecule has 0 aliphatic carbocycles. The molecule has 1 aromatic carbocycles.